The van der Waals surface area contributed by atoms with Gasteiger partial charge in [0.05, 0.1) is 5.25 Å². The number of benzene rings is 2. The van der Waals surface area contributed by atoms with Crippen LogP contribution in [0.5, 0.6) is 0 Å². The fraction of sp³-hybridized carbons (Fsp3) is 0.176. The van der Waals surface area contributed by atoms with Crippen molar-refractivity contribution in [3.63, 3.8) is 0 Å². The third-order valence-electron chi connectivity index (χ3n) is 3.03. The summed E-state index contributed by atoms with van der Waals surface area (Å²) >= 11 is 4.88. The van der Waals surface area contributed by atoms with E-state index in [4.69, 9.17) is 0 Å². The lowest BCUT2D eigenvalue weighted by Crippen LogP contribution is -2.22. The normalized spacial score (nSPS) is 11.8. The van der Waals surface area contributed by atoms with Crippen LogP contribution in [0.3, 0.4) is 0 Å². The van der Waals surface area contributed by atoms with E-state index in [-0.39, 0.29) is 16.9 Å². The average molecular weight is 378 g/mol. The molecule has 0 bridgehead atoms. The molecule has 0 saturated heterocycles. The number of rotatable bonds is 5. The second kappa shape index (κ2) is 7.61. The van der Waals surface area contributed by atoms with Crippen LogP contribution in [0.25, 0.3) is 0 Å². The van der Waals surface area contributed by atoms with Gasteiger partial charge in [0, 0.05) is 20.6 Å². The predicted octanol–water partition coefficient (Wildman–Crippen LogP) is 4.77. The summed E-state index contributed by atoms with van der Waals surface area (Å²) in [6, 6.07) is 14.8. The number of thioether (sulfide) groups is 1. The van der Waals surface area contributed by atoms with Crippen molar-refractivity contribution in [3.05, 3.63) is 58.6 Å². The Hall–Kier alpha value is -1.59. The van der Waals surface area contributed by atoms with E-state index >= 15 is 0 Å². The van der Waals surface area contributed by atoms with Gasteiger partial charge in [0.2, 0.25) is 5.91 Å². The maximum absolute atomic E-state index is 12.2. The molecule has 0 aromatic heterocycles. The first kappa shape index (κ1) is 16.8. The monoisotopic (exact) mass is 377 g/mol. The molecule has 0 aliphatic carbocycles. The Morgan fingerprint density at radius 3 is 2.45 bits per heavy atom. The summed E-state index contributed by atoms with van der Waals surface area (Å²) in [5.74, 6) is -0.109. The van der Waals surface area contributed by atoms with Gasteiger partial charge in [-0.1, -0.05) is 28.1 Å². The molecule has 22 heavy (non-hydrogen) atoms. The van der Waals surface area contributed by atoms with Gasteiger partial charge in [0.1, 0.15) is 0 Å². The first-order valence-electron chi connectivity index (χ1n) is 6.80. The van der Waals surface area contributed by atoms with Gasteiger partial charge in [-0.3, -0.25) is 9.59 Å². The van der Waals surface area contributed by atoms with Crippen LogP contribution in [0.4, 0.5) is 5.69 Å². The van der Waals surface area contributed by atoms with Crippen molar-refractivity contribution < 1.29 is 9.59 Å². The molecule has 0 aliphatic heterocycles. The van der Waals surface area contributed by atoms with Crippen LogP contribution in [0.15, 0.2) is 57.9 Å². The molecule has 2 aromatic rings. The zero-order valence-corrected chi connectivity index (χ0v) is 14.7. The number of amides is 1. The van der Waals surface area contributed by atoms with Gasteiger partial charge in [-0.15, -0.1) is 11.8 Å². The van der Waals surface area contributed by atoms with Crippen LogP contribution >= 0.6 is 27.7 Å². The first-order valence-corrected chi connectivity index (χ1v) is 8.47. The molecule has 5 heteroatoms. The molecule has 1 atom stereocenters. The molecule has 3 nitrogen and oxygen atoms in total. The van der Waals surface area contributed by atoms with Gasteiger partial charge in [-0.05, 0) is 50.2 Å². The molecular weight excluding hydrogens is 362 g/mol. The first-order chi connectivity index (χ1) is 10.5. The van der Waals surface area contributed by atoms with E-state index < -0.39 is 0 Å². The lowest BCUT2D eigenvalue weighted by molar-refractivity contribution is -0.115. The van der Waals surface area contributed by atoms with E-state index in [0.717, 1.165) is 9.37 Å². The quantitative estimate of drug-likeness (QED) is 0.602. The predicted molar refractivity (Wildman–Crippen MR) is 94.5 cm³/mol. The minimum absolute atomic E-state index is 0.0200. The molecule has 0 aliphatic rings. The number of carbonyl (C=O) groups excluding carboxylic acids is 2. The zero-order chi connectivity index (χ0) is 16.1. The van der Waals surface area contributed by atoms with Crippen LogP contribution in [-0.2, 0) is 4.79 Å². The minimum Gasteiger partial charge on any atom is -0.325 e. The van der Waals surface area contributed by atoms with Crippen molar-refractivity contribution in [2.45, 2.75) is 24.0 Å². The number of halogens is 1. The molecule has 0 fully saturated rings. The molecule has 114 valence electrons. The highest BCUT2D eigenvalue weighted by Gasteiger charge is 2.15. The van der Waals surface area contributed by atoms with Crippen LogP contribution in [0.2, 0.25) is 0 Å². The van der Waals surface area contributed by atoms with Crippen molar-refractivity contribution in [3.8, 4) is 0 Å². The Bertz CT molecular complexity index is 685. The number of Topliss-reactive ketones (excluding diaryl/α,β-unsaturated/α-hetero) is 1. The molecule has 0 spiro atoms. The Balaban J connectivity index is 2.00. The Morgan fingerprint density at radius 2 is 1.82 bits per heavy atom. The summed E-state index contributed by atoms with van der Waals surface area (Å²) in [4.78, 5) is 24.6. The standard InChI is InChI=1S/C17H16BrNO2S/c1-11(20)13-4-3-5-15(10-13)19-17(21)12(2)22-16-8-6-14(18)7-9-16/h3-10,12H,1-2H3,(H,19,21)/t12-/m0/s1. The summed E-state index contributed by atoms with van der Waals surface area (Å²) < 4.78 is 1.01. The second-order valence-corrected chi connectivity index (χ2v) is 7.17. The smallest absolute Gasteiger partial charge is 0.237 e. The molecule has 0 radical (unpaired) electrons. The van der Waals surface area contributed by atoms with Gasteiger partial charge in [-0.2, -0.15) is 0 Å². The Labute approximate surface area is 142 Å². The summed E-state index contributed by atoms with van der Waals surface area (Å²) in [5, 5.41) is 2.61. The largest absolute Gasteiger partial charge is 0.325 e. The summed E-state index contributed by atoms with van der Waals surface area (Å²) in [5.41, 5.74) is 1.23. The van der Waals surface area contributed by atoms with E-state index in [2.05, 4.69) is 21.2 Å². The number of carbonyl (C=O) groups is 2. The number of anilines is 1. The lowest BCUT2D eigenvalue weighted by Gasteiger charge is -2.12. The van der Waals surface area contributed by atoms with Crippen LogP contribution in [-0.4, -0.2) is 16.9 Å². The number of hydrogen-bond donors (Lipinski definition) is 1. The minimum atomic E-state index is -0.234. The van der Waals surface area contributed by atoms with E-state index in [9.17, 15) is 9.59 Å². The van der Waals surface area contributed by atoms with Crippen molar-refractivity contribution in [2.75, 3.05) is 5.32 Å². The highest BCUT2D eigenvalue weighted by atomic mass is 79.9. The Kier molecular flexibility index (Phi) is 5.80. The summed E-state index contributed by atoms with van der Waals surface area (Å²) in [6.07, 6.45) is 0. The van der Waals surface area contributed by atoms with Gasteiger partial charge in [-0.25, -0.2) is 0 Å². The van der Waals surface area contributed by atoms with Crippen molar-refractivity contribution in [2.24, 2.45) is 0 Å². The number of ketones is 1. The maximum atomic E-state index is 12.2. The fourth-order valence-electron chi connectivity index (χ4n) is 1.83. The maximum Gasteiger partial charge on any atom is 0.237 e. The second-order valence-electron chi connectivity index (χ2n) is 4.84. The SMILES string of the molecule is CC(=O)c1cccc(NC(=O)[C@H](C)Sc2ccc(Br)cc2)c1. The molecule has 0 heterocycles. The van der Waals surface area contributed by atoms with E-state index in [0.29, 0.717) is 11.3 Å². The van der Waals surface area contributed by atoms with Crippen LogP contribution in [0, 0.1) is 0 Å². The number of hydrogen-bond acceptors (Lipinski definition) is 3. The van der Waals surface area contributed by atoms with E-state index in [1.807, 2.05) is 31.2 Å². The molecule has 0 unspecified atom stereocenters. The van der Waals surface area contributed by atoms with Gasteiger partial charge < -0.3 is 5.32 Å². The van der Waals surface area contributed by atoms with Gasteiger partial charge in [0.25, 0.3) is 0 Å². The topological polar surface area (TPSA) is 46.2 Å². The lowest BCUT2D eigenvalue weighted by atomic mass is 10.1. The van der Waals surface area contributed by atoms with Gasteiger partial charge in [0.15, 0.2) is 5.78 Å². The molecule has 1 N–H and O–H groups in total. The van der Waals surface area contributed by atoms with E-state index in [1.54, 1.807) is 24.3 Å². The van der Waals surface area contributed by atoms with Crippen LogP contribution < -0.4 is 5.32 Å². The molecule has 1 amide bonds. The molecule has 2 aromatic carbocycles. The fourth-order valence-corrected chi connectivity index (χ4v) is 2.96. The van der Waals surface area contributed by atoms with E-state index in [1.165, 1.54) is 18.7 Å². The highest BCUT2D eigenvalue weighted by molar-refractivity contribution is 9.10. The molecule has 2 rings (SSSR count). The van der Waals surface area contributed by atoms with Crippen molar-refractivity contribution in [1.82, 2.24) is 0 Å². The zero-order valence-electron chi connectivity index (χ0n) is 12.3. The number of nitrogens with one attached hydrogen (secondary N) is 1. The summed E-state index contributed by atoms with van der Waals surface area (Å²) in [7, 11) is 0. The highest BCUT2D eigenvalue weighted by Crippen LogP contribution is 2.25. The third-order valence-corrected chi connectivity index (χ3v) is 4.67. The molecular formula is C17H16BrNO2S. The summed E-state index contributed by atoms with van der Waals surface area (Å²) in [6.45, 7) is 3.36. The van der Waals surface area contributed by atoms with Gasteiger partial charge >= 0.3 is 0 Å². The third kappa shape index (κ3) is 4.71. The van der Waals surface area contributed by atoms with Crippen LogP contribution in [0.1, 0.15) is 24.2 Å². The molecule has 0 saturated carbocycles. The van der Waals surface area contributed by atoms with Crippen molar-refractivity contribution >= 4 is 45.1 Å². The average Bonchev–Trinajstić information content (AvgIpc) is 2.49. The Morgan fingerprint density at radius 1 is 1.14 bits per heavy atom. The van der Waals surface area contributed by atoms with Crippen molar-refractivity contribution in [1.29, 1.82) is 0 Å².